The number of nitrogens with zero attached hydrogens (tertiary/aromatic N) is 1. The molecule has 1 aliphatic heterocycles. The molecule has 1 saturated heterocycles. The average Bonchev–Trinajstić information content (AvgIpc) is 2.55. The van der Waals surface area contributed by atoms with Gasteiger partial charge in [-0.1, -0.05) is 24.3 Å². The summed E-state index contributed by atoms with van der Waals surface area (Å²) in [5.74, 6) is -0.170. The number of hydrogen-bond donors (Lipinski definition) is 2. The fourth-order valence-corrected chi connectivity index (χ4v) is 3.72. The Morgan fingerprint density at radius 1 is 1.17 bits per heavy atom. The molecule has 5 nitrogen and oxygen atoms in total. The summed E-state index contributed by atoms with van der Waals surface area (Å²) in [6.07, 6.45) is 4.74. The van der Waals surface area contributed by atoms with Gasteiger partial charge in [-0.15, -0.1) is 0 Å². The maximum atomic E-state index is 12.4. The third-order valence-electron chi connectivity index (χ3n) is 5.06. The molecule has 3 rings (SSSR count). The van der Waals surface area contributed by atoms with Crippen molar-refractivity contribution in [2.24, 2.45) is 11.7 Å². The average molecular weight is 315 g/mol. The smallest absolute Gasteiger partial charge is 0.234 e. The zero-order valence-corrected chi connectivity index (χ0v) is 13.5. The Kier molecular flexibility index (Phi) is 4.96. The molecule has 1 aliphatic carbocycles. The zero-order chi connectivity index (χ0) is 16.2. The standard InChI is InChI=1S/C18H25N3O2/c19-18(23)14-8-10-21(11-9-14)12-17(22)20-16-7-3-5-13-4-1-2-6-15(13)16/h1-2,4,6,14,16H,3,5,7-12H2,(H2,19,23)(H,20,22)/t16-/m0/s1. The Labute approximate surface area is 137 Å². The molecule has 124 valence electrons. The lowest BCUT2D eigenvalue weighted by Gasteiger charge is -2.31. The second-order valence-corrected chi connectivity index (χ2v) is 6.66. The summed E-state index contributed by atoms with van der Waals surface area (Å²) in [6.45, 7) is 1.94. The van der Waals surface area contributed by atoms with Crippen LogP contribution in [0.15, 0.2) is 24.3 Å². The summed E-state index contributed by atoms with van der Waals surface area (Å²) in [5, 5.41) is 3.18. The van der Waals surface area contributed by atoms with E-state index in [0.29, 0.717) is 6.54 Å². The molecule has 2 amide bonds. The number of carbonyl (C=O) groups is 2. The fourth-order valence-electron chi connectivity index (χ4n) is 3.72. The minimum absolute atomic E-state index is 0.0282. The summed E-state index contributed by atoms with van der Waals surface area (Å²) in [7, 11) is 0. The van der Waals surface area contributed by atoms with Gasteiger partial charge in [-0.25, -0.2) is 0 Å². The Balaban J connectivity index is 1.52. The third-order valence-corrected chi connectivity index (χ3v) is 5.06. The highest BCUT2D eigenvalue weighted by Crippen LogP contribution is 2.29. The number of amides is 2. The number of nitrogens with two attached hydrogens (primary N) is 1. The van der Waals surface area contributed by atoms with Crippen molar-refractivity contribution in [1.29, 1.82) is 0 Å². The summed E-state index contributed by atoms with van der Waals surface area (Å²) < 4.78 is 0. The summed E-state index contributed by atoms with van der Waals surface area (Å²) >= 11 is 0. The molecule has 0 spiro atoms. The van der Waals surface area contributed by atoms with Gasteiger partial charge >= 0.3 is 0 Å². The number of piperidine rings is 1. The second kappa shape index (κ2) is 7.13. The van der Waals surface area contributed by atoms with Crippen molar-refractivity contribution in [3.8, 4) is 0 Å². The molecule has 23 heavy (non-hydrogen) atoms. The molecule has 1 atom stereocenters. The van der Waals surface area contributed by atoms with E-state index in [9.17, 15) is 9.59 Å². The molecule has 1 fully saturated rings. The first-order chi connectivity index (χ1) is 11.1. The first-order valence-corrected chi connectivity index (χ1v) is 8.52. The topological polar surface area (TPSA) is 75.4 Å². The number of benzene rings is 1. The normalized spacial score (nSPS) is 22.3. The van der Waals surface area contributed by atoms with E-state index < -0.39 is 0 Å². The molecule has 2 aliphatic rings. The van der Waals surface area contributed by atoms with Crippen molar-refractivity contribution in [2.45, 2.75) is 38.1 Å². The highest BCUT2D eigenvalue weighted by atomic mass is 16.2. The largest absolute Gasteiger partial charge is 0.369 e. The summed E-state index contributed by atoms with van der Waals surface area (Å²) in [5.41, 5.74) is 7.96. The van der Waals surface area contributed by atoms with E-state index in [-0.39, 0.29) is 23.8 Å². The predicted octanol–water partition coefficient (Wildman–Crippen LogP) is 1.38. The van der Waals surface area contributed by atoms with Crippen LogP contribution >= 0.6 is 0 Å². The van der Waals surface area contributed by atoms with Gasteiger partial charge in [0.05, 0.1) is 12.6 Å². The number of hydrogen-bond acceptors (Lipinski definition) is 3. The zero-order valence-electron chi connectivity index (χ0n) is 13.5. The Hall–Kier alpha value is -1.88. The van der Waals surface area contributed by atoms with Crippen molar-refractivity contribution in [1.82, 2.24) is 10.2 Å². The van der Waals surface area contributed by atoms with Gasteiger partial charge in [0.1, 0.15) is 0 Å². The Morgan fingerprint density at radius 2 is 1.91 bits per heavy atom. The predicted molar refractivity (Wildman–Crippen MR) is 88.6 cm³/mol. The first-order valence-electron chi connectivity index (χ1n) is 8.52. The van der Waals surface area contributed by atoms with E-state index in [1.54, 1.807) is 0 Å². The van der Waals surface area contributed by atoms with Gasteiger partial charge in [0.15, 0.2) is 0 Å². The van der Waals surface area contributed by atoms with Crippen LogP contribution in [0.3, 0.4) is 0 Å². The van der Waals surface area contributed by atoms with Gasteiger partial charge in [0, 0.05) is 5.92 Å². The second-order valence-electron chi connectivity index (χ2n) is 6.66. The number of nitrogens with one attached hydrogen (secondary N) is 1. The third kappa shape index (κ3) is 3.91. The highest BCUT2D eigenvalue weighted by molar-refractivity contribution is 5.79. The number of likely N-dealkylation sites (tertiary alicyclic amines) is 1. The maximum Gasteiger partial charge on any atom is 0.234 e. The molecule has 0 saturated carbocycles. The summed E-state index contributed by atoms with van der Waals surface area (Å²) in [6, 6.07) is 8.51. The van der Waals surface area contributed by atoms with Gasteiger partial charge in [0.2, 0.25) is 11.8 Å². The van der Waals surface area contributed by atoms with Crippen molar-refractivity contribution >= 4 is 11.8 Å². The van der Waals surface area contributed by atoms with Gasteiger partial charge in [-0.05, 0) is 56.3 Å². The van der Waals surface area contributed by atoms with Crippen LogP contribution in [0.5, 0.6) is 0 Å². The lowest BCUT2D eigenvalue weighted by atomic mass is 9.88. The molecule has 3 N–H and O–H groups in total. The van der Waals surface area contributed by atoms with Crippen LogP contribution < -0.4 is 11.1 Å². The van der Waals surface area contributed by atoms with Crippen molar-refractivity contribution in [3.63, 3.8) is 0 Å². The number of aryl methyl sites for hydroxylation is 1. The lowest BCUT2D eigenvalue weighted by Crippen LogP contribution is -2.44. The van der Waals surface area contributed by atoms with Crippen LogP contribution in [0.25, 0.3) is 0 Å². The van der Waals surface area contributed by atoms with Crippen LogP contribution in [0, 0.1) is 5.92 Å². The fraction of sp³-hybridized carbons (Fsp3) is 0.556. The molecule has 5 heteroatoms. The van der Waals surface area contributed by atoms with Crippen LogP contribution in [-0.4, -0.2) is 36.3 Å². The maximum absolute atomic E-state index is 12.4. The first kappa shape index (κ1) is 16.0. The number of fused-ring (bicyclic) bond motifs is 1. The van der Waals surface area contributed by atoms with Gasteiger partial charge in [-0.2, -0.15) is 0 Å². The molecular formula is C18H25N3O2. The van der Waals surface area contributed by atoms with E-state index in [2.05, 4.69) is 28.4 Å². The molecule has 0 unspecified atom stereocenters. The molecule has 1 aromatic carbocycles. The van der Waals surface area contributed by atoms with Crippen molar-refractivity contribution in [3.05, 3.63) is 35.4 Å². The van der Waals surface area contributed by atoms with E-state index in [1.807, 2.05) is 6.07 Å². The molecule has 0 radical (unpaired) electrons. The van der Waals surface area contributed by atoms with Crippen LogP contribution in [0.2, 0.25) is 0 Å². The molecular weight excluding hydrogens is 290 g/mol. The van der Waals surface area contributed by atoms with E-state index in [0.717, 1.165) is 45.2 Å². The van der Waals surface area contributed by atoms with Gasteiger partial charge in [0.25, 0.3) is 0 Å². The van der Waals surface area contributed by atoms with E-state index in [4.69, 9.17) is 5.73 Å². The molecule has 1 heterocycles. The number of carbonyl (C=O) groups excluding carboxylic acids is 2. The van der Waals surface area contributed by atoms with Crippen molar-refractivity contribution < 1.29 is 9.59 Å². The molecule has 1 aromatic rings. The molecule has 0 bridgehead atoms. The van der Waals surface area contributed by atoms with Crippen LogP contribution in [-0.2, 0) is 16.0 Å². The Morgan fingerprint density at radius 3 is 2.65 bits per heavy atom. The number of rotatable bonds is 4. The Bertz CT molecular complexity index is 579. The van der Waals surface area contributed by atoms with Crippen molar-refractivity contribution in [2.75, 3.05) is 19.6 Å². The quantitative estimate of drug-likeness (QED) is 0.881. The molecule has 0 aromatic heterocycles. The van der Waals surface area contributed by atoms with Crippen LogP contribution in [0.1, 0.15) is 42.9 Å². The number of primary amides is 1. The minimum atomic E-state index is -0.215. The monoisotopic (exact) mass is 315 g/mol. The van der Waals surface area contributed by atoms with Crippen LogP contribution in [0.4, 0.5) is 0 Å². The minimum Gasteiger partial charge on any atom is -0.369 e. The SMILES string of the molecule is NC(=O)C1CCN(CC(=O)N[C@H]2CCCc3ccccc32)CC1. The lowest BCUT2D eigenvalue weighted by molar-refractivity contribution is -0.124. The van der Waals surface area contributed by atoms with Gasteiger partial charge in [-0.3, -0.25) is 14.5 Å². The van der Waals surface area contributed by atoms with E-state index >= 15 is 0 Å². The summed E-state index contributed by atoms with van der Waals surface area (Å²) in [4.78, 5) is 25.7. The van der Waals surface area contributed by atoms with E-state index in [1.165, 1.54) is 11.1 Å². The highest BCUT2D eigenvalue weighted by Gasteiger charge is 2.26. The van der Waals surface area contributed by atoms with Gasteiger partial charge < -0.3 is 11.1 Å².